The number of H-pyrrole nitrogens is 1. The number of ether oxygens (including phenoxy) is 1. The first-order chi connectivity index (χ1) is 21.3. The van der Waals surface area contributed by atoms with Gasteiger partial charge in [-0.15, -0.1) is 0 Å². The Morgan fingerprint density at radius 2 is 1.91 bits per heavy atom. The van der Waals surface area contributed by atoms with Gasteiger partial charge in [-0.2, -0.15) is 0 Å². The number of imidazole rings is 1. The van der Waals surface area contributed by atoms with E-state index in [0.29, 0.717) is 36.3 Å². The van der Waals surface area contributed by atoms with E-state index >= 15 is 0 Å². The quantitative estimate of drug-likeness (QED) is 0.236. The molecule has 3 aliphatic rings. The van der Waals surface area contributed by atoms with Gasteiger partial charge in [0.15, 0.2) is 5.82 Å². The largest absolute Gasteiger partial charge is 0.494 e. The topological polar surface area (TPSA) is 166 Å². The fraction of sp³-hybridized carbons (Fsp3) is 0.469. The first kappa shape index (κ1) is 29.6. The van der Waals surface area contributed by atoms with Gasteiger partial charge in [0.05, 0.1) is 18.5 Å². The lowest BCUT2D eigenvalue weighted by molar-refractivity contribution is -0.142. The maximum Gasteiger partial charge on any atom is 0.291 e. The zero-order chi connectivity index (χ0) is 30.8. The van der Waals surface area contributed by atoms with Crippen molar-refractivity contribution in [1.29, 1.82) is 0 Å². The van der Waals surface area contributed by atoms with E-state index in [-0.39, 0.29) is 42.4 Å². The van der Waals surface area contributed by atoms with E-state index in [2.05, 4.69) is 25.9 Å². The number of nitrogens with zero attached hydrogens (tertiary/aromatic N) is 2. The molecule has 4 amide bonds. The van der Waals surface area contributed by atoms with E-state index < -0.39 is 35.9 Å². The Bertz CT molecular complexity index is 1540. The summed E-state index contributed by atoms with van der Waals surface area (Å²) in [6.45, 7) is 1.12. The number of aliphatic hydroxyl groups excluding tert-OH is 1. The normalized spacial score (nSPS) is 24.0. The van der Waals surface area contributed by atoms with Crippen LogP contribution in [0.25, 0.3) is 11.0 Å². The van der Waals surface area contributed by atoms with Crippen molar-refractivity contribution < 1.29 is 29.0 Å². The molecule has 6 atom stereocenters. The number of benzene rings is 2. The van der Waals surface area contributed by atoms with E-state index in [1.54, 1.807) is 18.1 Å². The predicted molar refractivity (Wildman–Crippen MR) is 160 cm³/mol. The number of likely N-dealkylation sites (tertiary alicyclic amines) is 1. The maximum atomic E-state index is 14.0. The molecule has 0 spiro atoms. The lowest BCUT2D eigenvalue weighted by Crippen LogP contribution is -2.54. The van der Waals surface area contributed by atoms with Crippen molar-refractivity contribution in [2.75, 3.05) is 20.2 Å². The van der Waals surface area contributed by atoms with Crippen LogP contribution in [0.1, 0.15) is 48.3 Å². The van der Waals surface area contributed by atoms with Gasteiger partial charge in [0.25, 0.3) is 5.91 Å². The molecule has 1 aromatic heterocycles. The molecule has 1 aliphatic carbocycles. The molecule has 2 aromatic carbocycles. The molecule has 2 saturated heterocycles. The van der Waals surface area contributed by atoms with E-state index in [9.17, 15) is 24.3 Å². The molecule has 3 fully saturated rings. The van der Waals surface area contributed by atoms with Gasteiger partial charge in [-0.05, 0) is 49.3 Å². The van der Waals surface area contributed by atoms with Gasteiger partial charge in [0.1, 0.15) is 23.5 Å². The van der Waals surface area contributed by atoms with Gasteiger partial charge >= 0.3 is 0 Å². The van der Waals surface area contributed by atoms with Gasteiger partial charge in [0.2, 0.25) is 17.7 Å². The molecule has 12 nitrogen and oxygen atoms in total. The van der Waals surface area contributed by atoms with E-state index in [1.807, 2.05) is 42.5 Å². The van der Waals surface area contributed by atoms with E-state index in [4.69, 9.17) is 4.74 Å². The number of fused-ring (bicyclic) bond motifs is 2. The SMILES string of the molecule is COc1cccc2[nH]c(C(=O)N3C[C@@H]4CCC[C@@H]4[C@H]3NC(=O)[C@@H](C[C@H]3CCNC3=O)C(O)C(=O)NCc3ccccc3)nc12. The van der Waals surface area contributed by atoms with Crippen LogP contribution in [-0.2, 0) is 20.9 Å². The Hall–Kier alpha value is -4.45. The third-order valence-corrected chi connectivity index (χ3v) is 9.34. The van der Waals surface area contributed by atoms with Crippen LogP contribution in [-0.4, -0.2) is 76.1 Å². The fourth-order valence-corrected chi connectivity index (χ4v) is 6.99. The standard InChI is InChI=1S/C32H38N6O6/c1-44-24-12-6-11-23-25(24)36-27(35-23)32(43)38-17-20-9-5-10-21(20)28(38)37-30(41)22(15-19-13-14-33-29(19)40)26(39)31(42)34-16-18-7-3-2-4-8-18/h2-4,6-8,11-12,19-22,26,28,39H,5,9-10,13-17H2,1H3,(H,33,40)(H,34,42)(H,35,36)(H,37,41)/t19-,20+,21+,22+,26?,28+/m1/s1. The Balaban J connectivity index is 1.22. The van der Waals surface area contributed by atoms with Gasteiger partial charge < -0.3 is 35.7 Å². The number of para-hydroxylation sites is 1. The van der Waals surface area contributed by atoms with Crippen LogP contribution in [0.5, 0.6) is 5.75 Å². The molecule has 2 aliphatic heterocycles. The zero-order valence-electron chi connectivity index (χ0n) is 24.6. The third-order valence-electron chi connectivity index (χ3n) is 9.34. The van der Waals surface area contributed by atoms with Gasteiger partial charge in [-0.25, -0.2) is 4.98 Å². The van der Waals surface area contributed by atoms with Gasteiger partial charge in [0, 0.05) is 31.5 Å². The molecule has 3 heterocycles. The maximum absolute atomic E-state index is 14.0. The number of hydrogen-bond donors (Lipinski definition) is 5. The van der Waals surface area contributed by atoms with Crippen molar-refractivity contribution in [3.8, 4) is 5.75 Å². The molecule has 1 saturated carbocycles. The molecule has 5 N–H and O–H groups in total. The summed E-state index contributed by atoms with van der Waals surface area (Å²) in [5, 5.41) is 19.7. The molecule has 6 rings (SSSR count). The van der Waals surface area contributed by atoms with Crippen molar-refractivity contribution in [2.24, 2.45) is 23.7 Å². The molecule has 0 radical (unpaired) electrons. The predicted octanol–water partition coefficient (Wildman–Crippen LogP) is 1.71. The molecule has 3 aromatic rings. The third kappa shape index (κ3) is 5.86. The number of hydrogen-bond acceptors (Lipinski definition) is 7. The molecule has 232 valence electrons. The number of aromatic nitrogens is 2. The van der Waals surface area contributed by atoms with Gasteiger partial charge in [-0.1, -0.05) is 42.8 Å². The minimum absolute atomic E-state index is 0.00964. The van der Waals surface area contributed by atoms with Crippen molar-refractivity contribution >= 4 is 34.7 Å². The number of aliphatic hydroxyl groups is 1. The van der Waals surface area contributed by atoms with Crippen LogP contribution in [0.2, 0.25) is 0 Å². The Labute approximate surface area is 254 Å². The summed E-state index contributed by atoms with van der Waals surface area (Å²) in [6, 6.07) is 14.6. The number of aromatic amines is 1. The average Bonchev–Trinajstić information content (AvgIpc) is 3.83. The second-order valence-corrected chi connectivity index (χ2v) is 12.0. The molecular weight excluding hydrogens is 564 g/mol. The highest BCUT2D eigenvalue weighted by molar-refractivity contribution is 5.96. The van der Waals surface area contributed by atoms with Crippen molar-refractivity contribution in [3.05, 3.63) is 59.9 Å². The van der Waals surface area contributed by atoms with Crippen LogP contribution >= 0.6 is 0 Å². The molecule has 0 bridgehead atoms. The number of carbonyl (C=O) groups excluding carboxylic acids is 4. The lowest BCUT2D eigenvalue weighted by atomic mass is 9.87. The monoisotopic (exact) mass is 602 g/mol. The number of methoxy groups -OCH3 is 1. The van der Waals surface area contributed by atoms with Crippen molar-refractivity contribution in [3.63, 3.8) is 0 Å². The summed E-state index contributed by atoms with van der Waals surface area (Å²) < 4.78 is 5.40. The summed E-state index contributed by atoms with van der Waals surface area (Å²) in [7, 11) is 1.54. The molecule has 12 heteroatoms. The summed E-state index contributed by atoms with van der Waals surface area (Å²) in [5.74, 6) is -2.58. The Morgan fingerprint density at radius 3 is 2.66 bits per heavy atom. The Kier molecular flexibility index (Phi) is 8.51. The molecule has 44 heavy (non-hydrogen) atoms. The average molecular weight is 603 g/mol. The second kappa shape index (κ2) is 12.7. The summed E-state index contributed by atoms with van der Waals surface area (Å²) in [4.78, 5) is 62.6. The van der Waals surface area contributed by atoms with Crippen LogP contribution in [0.3, 0.4) is 0 Å². The number of nitrogens with one attached hydrogen (secondary N) is 4. The number of rotatable bonds is 10. The second-order valence-electron chi connectivity index (χ2n) is 12.0. The first-order valence-corrected chi connectivity index (χ1v) is 15.3. The smallest absolute Gasteiger partial charge is 0.291 e. The lowest BCUT2D eigenvalue weighted by Gasteiger charge is -2.31. The van der Waals surface area contributed by atoms with Crippen LogP contribution < -0.4 is 20.7 Å². The van der Waals surface area contributed by atoms with Crippen LogP contribution in [0.15, 0.2) is 48.5 Å². The van der Waals surface area contributed by atoms with Crippen molar-refractivity contribution in [2.45, 2.75) is 50.9 Å². The van der Waals surface area contributed by atoms with Crippen LogP contribution in [0, 0.1) is 23.7 Å². The van der Waals surface area contributed by atoms with Gasteiger partial charge in [-0.3, -0.25) is 19.2 Å². The Morgan fingerprint density at radius 1 is 1.09 bits per heavy atom. The minimum atomic E-state index is -1.68. The van der Waals surface area contributed by atoms with Crippen molar-refractivity contribution in [1.82, 2.24) is 30.8 Å². The fourth-order valence-electron chi connectivity index (χ4n) is 6.99. The number of amides is 4. The number of carbonyl (C=O) groups is 4. The van der Waals surface area contributed by atoms with E-state index in [1.165, 1.54) is 0 Å². The highest BCUT2D eigenvalue weighted by Crippen LogP contribution is 2.42. The highest BCUT2D eigenvalue weighted by Gasteiger charge is 2.49. The molecule has 1 unspecified atom stereocenters. The summed E-state index contributed by atoms with van der Waals surface area (Å²) in [6.07, 6.45) is 0.956. The van der Waals surface area contributed by atoms with Crippen LogP contribution in [0.4, 0.5) is 0 Å². The molecular formula is C32H38N6O6. The summed E-state index contributed by atoms with van der Waals surface area (Å²) in [5.41, 5.74) is 2.05. The first-order valence-electron chi connectivity index (χ1n) is 15.3. The van der Waals surface area contributed by atoms with E-state index in [0.717, 1.165) is 24.8 Å². The zero-order valence-corrected chi connectivity index (χ0v) is 24.6. The highest BCUT2D eigenvalue weighted by atomic mass is 16.5. The summed E-state index contributed by atoms with van der Waals surface area (Å²) >= 11 is 0. The minimum Gasteiger partial charge on any atom is -0.494 e.